The highest BCUT2D eigenvalue weighted by Crippen LogP contribution is 2.34. The highest BCUT2D eigenvalue weighted by Gasteiger charge is 2.37. The second-order valence-electron chi connectivity index (χ2n) is 8.79. The van der Waals surface area contributed by atoms with Gasteiger partial charge in [-0.05, 0) is 31.6 Å². The topological polar surface area (TPSA) is 91.6 Å². The first-order valence-electron chi connectivity index (χ1n) is 11.4. The van der Waals surface area contributed by atoms with E-state index in [1.807, 2.05) is 0 Å². The summed E-state index contributed by atoms with van der Waals surface area (Å²) in [6.45, 7) is 5.59. The molecule has 2 aliphatic heterocycles. The molecular formula is C20H35N5O3S. The molecule has 3 heterocycles. The van der Waals surface area contributed by atoms with E-state index in [0.29, 0.717) is 30.6 Å². The lowest BCUT2D eigenvalue weighted by Crippen LogP contribution is -2.44. The molecule has 0 amide bonds. The van der Waals surface area contributed by atoms with E-state index in [1.165, 1.54) is 6.42 Å². The van der Waals surface area contributed by atoms with Crippen LogP contribution in [-0.4, -0.2) is 72.8 Å². The van der Waals surface area contributed by atoms with Crippen LogP contribution in [0.3, 0.4) is 0 Å². The molecule has 29 heavy (non-hydrogen) atoms. The molecule has 1 aromatic rings. The Kier molecular flexibility index (Phi) is 7.21. The minimum Gasteiger partial charge on any atom is -0.339 e. The van der Waals surface area contributed by atoms with Crippen molar-refractivity contribution in [1.29, 1.82) is 0 Å². The Bertz CT molecular complexity index is 741. The highest BCUT2D eigenvalue weighted by molar-refractivity contribution is 7.89. The van der Waals surface area contributed by atoms with Crippen molar-refractivity contribution < 1.29 is 12.9 Å². The first kappa shape index (κ1) is 21.2. The predicted octanol–water partition coefficient (Wildman–Crippen LogP) is 1.95. The molecule has 0 spiro atoms. The molecule has 1 aromatic heterocycles. The van der Waals surface area contributed by atoms with Crippen molar-refractivity contribution in [3.63, 3.8) is 0 Å². The van der Waals surface area contributed by atoms with Crippen LogP contribution in [0.25, 0.3) is 0 Å². The summed E-state index contributed by atoms with van der Waals surface area (Å²) in [5.74, 6) is 1.74. The Morgan fingerprint density at radius 1 is 1.00 bits per heavy atom. The molecule has 0 bridgehead atoms. The molecule has 3 fully saturated rings. The zero-order valence-electron chi connectivity index (χ0n) is 17.4. The smallest absolute Gasteiger partial charge is 0.227 e. The van der Waals surface area contributed by atoms with Gasteiger partial charge in [0.15, 0.2) is 5.82 Å². The van der Waals surface area contributed by atoms with Gasteiger partial charge in [0.2, 0.25) is 15.9 Å². The number of hydrogen-bond acceptors (Lipinski definition) is 7. The Morgan fingerprint density at radius 2 is 1.76 bits per heavy atom. The van der Waals surface area contributed by atoms with Gasteiger partial charge in [0.05, 0.1) is 11.8 Å². The van der Waals surface area contributed by atoms with Crippen molar-refractivity contribution in [3.05, 3.63) is 11.7 Å². The maximum Gasteiger partial charge on any atom is 0.227 e. The summed E-state index contributed by atoms with van der Waals surface area (Å²) < 4.78 is 33.6. The third kappa shape index (κ3) is 5.57. The van der Waals surface area contributed by atoms with Gasteiger partial charge in [0.25, 0.3) is 0 Å². The summed E-state index contributed by atoms with van der Waals surface area (Å²) in [6, 6.07) is -0.269. The van der Waals surface area contributed by atoms with Crippen LogP contribution < -0.4 is 5.32 Å². The van der Waals surface area contributed by atoms with Crippen LogP contribution in [0.15, 0.2) is 4.52 Å². The molecule has 1 saturated carbocycles. The quantitative estimate of drug-likeness (QED) is 0.714. The lowest BCUT2D eigenvalue weighted by molar-refractivity contribution is 0.231. The van der Waals surface area contributed by atoms with Gasteiger partial charge in [0, 0.05) is 45.7 Å². The van der Waals surface area contributed by atoms with Gasteiger partial charge in [-0.2, -0.15) is 9.29 Å². The highest BCUT2D eigenvalue weighted by atomic mass is 32.2. The second-order valence-corrected chi connectivity index (χ2v) is 10.8. The SMILES string of the molecule is O=S(=O)(CC1CCCCC1)N1CCCC[C@H]1c1noc(CCN2CCNCC2)n1. The third-order valence-corrected chi connectivity index (χ3v) is 8.66. The molecule has 164 valence electrons. The van der Waals surface area contributed by atoms with Crippen molar-refractivity contribution in [2.45, 2.75) is 63.8 Å². The van der Waals surface area contributed by atoms with Gasteiger partial charge in [-0.25, -0.2) is 8.42 Å². The Hall–Kier alpha value is -1.03. The van der Waals surface area contributed by atoms with E-state index in [-0.39, 0.29) is 11.8 Å². The van der Waals surface area contributed by atoms with Crippen LogP contribution in [0.2, 0.25) is 0 Å². The van der Waals surface area contributed by atoms with E-state index in [0.717, 1.165) is 77.7 Å². The summed E-state index contributed by atoms with van der Waals surface area (Å²) in [5, 5.41) is 7.54. The summed E-state index contributed by atoms with van der Waals surface area (Å²) >= 11 is 0. The summed E-state index contributed by atoms with van der Waals surface area (Å²) in [6.07, 6.45) is 9.04. The zero-order valence-corrected chi connectivity index (χ0v) is 18.2. The monoisotopic (exact) mass is 425 g/mol. The third-order valence-electron chi connectivity index (χ3n) is 6.62. The number of piperazine rings is 1. The molecule has 1 N–H and O–H groups in total. The Labute approximate surface area is 174 Å². The van der Waals surface area contributed by atoms with E-state index >= 15 is 0 Å². The van der Waals surface area contributed by atoms with Crippen molar-refractivity contribution in [1.82, 2.24) is 24.7 Å². The van der Waals surface area contributed by atoms with Crippen molar-refractivity contribution >= 4 is 10.0 Å². The van der Waals surface area contributed by atoms with Gasteiger partial charge in [-0.1, -0.05) is 30.8 Å². The summed E-state index contributed by atoms with van der Waals surface area (Å²) in [4.78, 5) is 6.99. The van der Waals surface area contributed by atoms with Crippen LogP contribution in [0.5, 0.6) is 0 Å². The number of hydrogen-bond donors (Lipinski definition) is 1. The minimum atomic E-state index is -3.30. The van der Waals surface area contributed by atoms with E-state index in [4.69, 9.17) is 4.52 Å². The molecule has 4 rings (SSSR count). The van der Waals surface area contributed by atoms with Crippen molar-refractivity contribution in [3.8, 4) is 0 Å². The fourth-order valence-electron chi connectivity index (χ4n) is 4.94. The van der Waals surface area contributed by atoms with Gasteiger partial charge < -0.3 is 14.7 Å². The van der Waals surface area contributed by atoms with E-state index in [9.17, 15) is 8.42 Å². The van der Waals surface area contributed by atoms with Crippen LogP contribution in [0.4, 0.5) is 0 Å². The van der Waals surface area contributed by atoms with Crippen LogP contribution in [-0.2, 0) is 16.4 Å². The molecule has 0 radical (unpaired) electrons. The minimum absolute atomic E-state index is 0.269. The molecule has 2 saturated heterocycles. The van der Waals surface area contributed by atoms with E-state index in [1.54, 1.807) is 4.31 Å². The molecule has 0 unspecified atom stereocenters. The van der Waals surface area contributed by atoms with Gasteiger partial charge in [-0.3, -0.25) is 0 Å². The standard InChI is InChI=1S/C20H35N5O3S/c26-29(27,16-17-6-2-1-3-7-17)25-12-5-4-8-18(25)20-22-19(28-23-20)9-13-24-14-10-21-11-15-24/h17-18,21H,1-16H2/t18-/m0/s1. The molecule has 1 aliphatic carbocycles. The fourth-order valence-corrected chi connectivity index (χ4v) is 7.05. The normalized spacial score (nSPS) is 26.0. The van der Waals surface area contributed by atoms with Crippen LogP contribution in [0.1, 0.15) is 69.1 Å². The fraction of sp³-hybridized carbons (Fsp3) is 0.900. The van der Waals surface area contributed by atoms with Gasteiger partial charge in [-0.15, -0.1) is 0 Å². The predicted molar refractivity (Wildman–Crippen MR) is 111 cm³/mol. The molecule has 8 nitrogen and oxygen atoms in total. The largest absolute Gasteiger partial charge is 0.339 e. The molecule has 3 aliphatic rings. The number of aromatic nitrogens is 2. The number of sulfonamides is 1. The summed E-state index contributed by atoms with van der Waals surface area (Å²) in [7, 11) is -3.30. The first-order valence-corrected chi connectivity index (χ1v) is 13.0. The number of nitrogens with zero attached hydrogens (tertiary/aromatic N) is 4. The van der Waals surface area contributed by atoms with Gasteiger partial charge in [0.1, 0.15) is 0 Å². The number of rotatable bonds is 7. The van der Waals surface area contributed by atoms with Crippen LogP contribution in [0, 0.1) is 5.92 Å². The number of piperidine rings is 1. The maximum atomic E-state index is 13.2. The molecule has 1 atom stereocenters. The second kappa shape index (κ2) is 9.85. The maximum absolute atomic E-state index is 13.2. The Balaban J connectivity index is 1.39. The number of nitrogens with one attached hydrogen (secondary N) is 1. The van der Waals surface area contributed by atoms with Crippen LogP contribution >= 0.6 is 0 Å². The Morgan fingerprint density at radius 3 is 2.55 bits per heavy atom. The molecular weight excluding hydrogens is 390 g/mol. The lowest BCUT2D eigenvalue weighted by atomic mass is 9.91. The lowest BCUT2D eigenvalue weighted by Gasteiger charge is -2.34. The van der Waals surface area contributed by atoms with Crippen molar-refractivity contribution in [2.75, 3.05) is 45.0 Å². The van der Waals surface area contributed by atoms with Gasteiger partial charge >= 0.3 is 0 Å². The average molecular weight is 426 g/mol. The van der Waals surface area contributed by atoms with E-state index in [2.05, 4.69) is 20.4 Å². The summed E-state index contributed by atoms with van der Waals surface area (Å²) in [5.41, 5.74) is 0. The molecule has 0 aromatic carbocycles. The average Bonchev–Trinajstić information content (AvgIpc) is 3.22. The first-order chi connectivity index (χ1) is 14.1. The zero-order chi connectivity index (χ0) is 20.1. The molecule has 9 heteroatoms. The van der Waals surface area contributed by atoms with Crippen molar-refractivity contribution in [2.24, 2.45) is 5.92 Å². The van der Waals surface area contributed by atoms with E-state index < -0.39 is 10.0 Å².